The SMILES string of the molecule is COc1c2c(c(O)c3c1C(=O)c1c(cc(O)c(C)c1O)C3=O)-c1c(cc(/C=N/NC(=S)N3CCCCC3)c(C(=O)O)c1O)CC2. The average molecular weight is 632 g/mol. The zero-order chi connectivity index (χ0) is 32.3. The van der Waals surface area contributed by atoms with Gasteiger partial charge in [0.1, 0.15) is 34.3 Å². The van der Waals surface area contributed by atoms with E-state index < -0.39 is 51.7 Å². The van der Waals surface area contributed by atoms with E-state index >= 15 is 0 Å². The third-order valence-corrected chi connectivity index (χ3v) is 9.06. The Bertz CT molecular complexity index is 1890. The first-order valence-electron chi connectivity index (χ1n) is 14.3. The van der Waals surface area contributed by atoms with Gasteiger partial charge in [-0.15, -0.1) is 0 Å². The van der Waals surface area contributed by atoms with Crippen LogP contribution in [0.1, 0.15) is 83.7 Å². The van der Waals surface area contributed by atoms with Crippen LogP contribution in [0.4, 0.5) is 0 Å². The molecule has 0 amide bonds. The largest absolute Gasteiger partial charge is 0.508 e. The molecule has 6 N–H and O–H groups in total. The number of fused-ring (bicyclic) bond motifs is 5. The fourth-order valence-corrected chi connectivity index (χ4v) is 6.73. The molecule has 2 aliphatic carbocycles. The molecule has 3 aromatic carbocycles. The first kappa shape index (κ1) is 29.9. The van der Waals surface area contributed by atoms with Crippen molar-refractivity contribution in [1.82, 2.24) is 10.3 Å². The number of thiocarbonyl (C=S) groups is 1. The monoisotopic (exact) mass is 631 g/mol. The number of piperidine rings is 1. The number of hydrogen-bond acceptors (Lipinski definition) is 10. The van der Waals surface area contributed by atoms with E-state index in [-0.39, 0.29) is 63.1 Å². The highest BCUT2D eigenvalue weighted by Gasteiger charge is 2.42. The molecule has 1 fully saturated rings. The first-order chi connectivity index (χ1) is 21.5. The summed E-state index contributed by atoms with van der Waals surface area (Å²) < 4.78 is 5.62. The summed E-state index contributed by atoms with van der Waals surface area (Å²) in [5.74, 6) is -5.49. The van der Waals surface area contributed by atoms with E-state index in [9.17, 15) is 39.9 Å². The van der Waals surface area contributed by atoms with Gasteiger partial charge in [0.25, 0.3) is 0 Å². The molecule has 0 spiro atoms. The van der Waals surface area contributed by atoms with Crippen LogP contribution in [-0.2, 0) is 12.8 Å². The molecule has 45 heavy (non-hydrogen) atoms. The molecule has 0 atom stereocenters. The molecule has 1 heterocycles. The van der Waals surface area contributed by atoms with E-state index in [2.05, 4.69) is 10.5 Å². The minimum Gasteiger partial charge on any atom is -0.508 e. The fourth-order valence-electron chi connectivity index (χ4n) is 6.49. The summed E-state index contributed by atoms with van der Waals surface area (Å²) in [5, 5.41) is 58.7. The summed E-state index contributed by atoms with van der Waals surface area (Å²) in [6.07, 6.45) is 4.83. The predicted octanol–water partition coefficient (Wildman–Crippen LogP) is 3.76. The number of hydrazone groups is 1. The van der Waals surface area contributed by atoms with E-state index in [1.165, 1.54) is 26.3 Å². The number of likely N-dealkylation sites (tertiary alicyclic amines) is 1. The summed E-state index contributed by atoms with van der Waals surface area (Å²) in [6, 6.07) is 2.58. The number of ether oxygens (including phenoxy) is 1. The Kier molecular flexibility index (Phi) is 7.36. The molecular formula is C32H29N3O9S. The summed E-state index contributed by atoms with van der Waals surface area (Å²) in [5.41, 5.74) is 1.65. The fraction of sp³-hybridized carbons (Fsp3) is 0.281. The zero-order valence-corrected chi connectivity index (χ0v) is 25.2. The lowest BCUT2D eigenvalue weighted by molar-refractivity contribution is 0.0693. The highest BCUT2D eigenvalue weighted by Crippen LogP contribution is 2.54. The number of aromatic hydroxyl groups is 4. The smallest absolute Gasteiger partial charge is 0.340 e. The maximum Gasteiger partial charge on any atom is 0.340 e. The highest BCUT2D eigenvalue weighted by molar-refractivity contribution is 7.80. The van der Waals surface area contributed by atoms with Crippen molar-refractivity contribution in [3.05, 3.63) is 62.2 Å². The molecule has 0 radical (unpaired) electrons. The summed E-state index contributed by atoms with van der Waals surface area (Å²) >= 11 is 5.41. The van der Waals surface area contributed by atoms with Crippen molar-refractivity contribution in [2.24, 2.45) is 5.10 Å². The molecule has 0 saturated carbocycles. The van der Waals surface area contributed by atoms with E-state index in [4.69, 9.17) is 17.0 Å². The van der Waals surface area contributed by atoms with Crippen LogP contribution in [0.5, 0.6) is 28.7 Å². The van der Waals surface area contributed by atoms with Gasteiger partial charge in [-0.05, 0) is 68.9 Å². The number of benzene rings is 3. The van der Waals surface area contributed by atoms with Crippen LogP contribution in [0.25, 0.3) is 11.1 Å². The second-order valence-electron chi connectivity index (χ2n) is 11.2. The third-order valence-electron chi connectivity index (χ3n) is 8.71. The summed E-state index contributed by atoms with van der Waals surface area (Å²) in [7, 11) is 1.28. The Labute approximate surface area is 262 Å². The van der Waals surface area contributed by atoms with Crippen molar-refractivity contribution in [1.29, 1.82) is 0 Å². The number of hydrogen-bond donors (Lipinski definition) is 6. The van der Waals surface area contributed by atoms with Gasteiger partial charge in [0.05, 0.1) is 30.0 Å². The standard InChI is InChI=1S/C32H29N3O9S/c1-13-18(36)11-17-22(25(13)37)29(41)24-23(26(17)38)28(40)21-16(30(24)44-2)7-6-14-10-15(20(31(42)43)27(39)19(14)21)12-33-34-32(45)35-8-4-3-5-9-35/h10-12,36-37,39-40H,3-9H2,1-2H3,(H,34,45)(H,42,43)/b33-12+. The molecule has 3 aromatic rings. The van der Waals surface area contributed by atoms with Crippen LogP contribution < -0.4 is 10.2 Å². The van der Waals surface area contributed by atoms with Crippen molar-refractivity contribution in [3.8, 4) is 39.9 Å². The van der Waals surface area contributed by atoms with E-state index in [1.54, 1.807) is 0 Å². The Morgan fingerprint density at radius 1 is 0.933 bits per heavy atom. The lowest BCUT2D eigenvalue weighted by Crippen LogP contribution is -2.40. The number of nitrogens with zero attached hydrogens (tertiary/aromatic N) is 2. The number of carboxylic acids is 1. The van der Waals surface area contributed by atoms with Gasteiger partial charge in [-0.25, -0.2) is 4.79 Å². The molecule has 1 saturated heterocycles. The molecule has 13 heteroatoms. The van der Waals surface area contributed by atoms with E-state index in [0.717, 1.165) is 38.4 Å². The number of methoxy groups -OCH3 is 1. The maximum absolute atomic E-state index is 13.8. The third kappa shape index (κ3) is 4.53. The van der Waals surface area contributed by atoms with Crippen molar-refractivity contribution >= 4 is 41.1 Å². The summed E-state index contributed by atoms with van der Waals surface area (Å²) in [6.45, 7) is 2.97. The van der Waals surface area contributed by atoms with E-state index in [0.29, 0.717) is 10.7 Å². The van der Waals surface area contributed by atoms with Crippen molar-refractivity contribution in [2.45, 2.75) is 39.0 Å². The van der Waals surface area contributed by atoms with Crippen LogP contribution in [0.15, 0.2) is 17.2 Å². The minimum atomic E-state index is -1.46. The Hall–Kier alpha value is -5.17. The van der Waals surface area contributed by atoms with Gasteiger partial charge < -0.3 is 35.2 Å². The number of carbonyl (C=O) groups is 3. The van der Waals surface area contributed by atoms with Gasteiger partial charge in [-0.1, -0.05) is 0 Å². The molecule has 6 rings (SSSR count). The first-order valence-corrected chi connectivity index (χ1v) is 14.7. The van der Waals surface area contributed by atoms with Crippen molar-refractivity contribution < 1.29 is 44.7 Å². The number of phenols is 4. The molecule has 232 valence electrons. The molecule has 12 nitrogen and oxygen atoms in total. The Balaban J connectivity index is 1.50. The number of aryl methyl sites for hydroxylation is 1. The van der Waals surface area contributed by atoms with Crippen molar-refractivity contribution in [2.75, 3.05) is 20.2 Å². The Morgan fingerprint density at radius 3 is 2.31 bits per heavy atom. The van der Waals surface area contributed by atoms with Gasteiger partial charge >= 0.3 is 5.97 Å². The number of ketones is 2. The lowest BCUT2D eigenvalue weighted by atomic mass is 9.74. The molecule has 0 bridgehead atoms. The zero-order valence-electron chi connectivity index (χ0n) is 24.4. The number of nitrogens with one attached hydrogen (secondary N) is 1. The number of phenolic OH excluding ortho intramolecular Hbond substituents is 3. The molecular weight excluding hydrogens is 602 g/mol. The second-order valence-corrected chi connectivity index (χ2v) is 11.6. The van der Waals surface area contributed by atoms with Gasteiger partial charge in [-0.3, -0.25) is 15.0 Å². The summed E-state index contributed by atoms with van der Waals surface area (Å²) in [4.78, 5) is 41.9. The highest BCUT2D eigenvalue weighted by atomic mass is 32.1. The van der Waals surface area contributed by atoms with Crippen LogP contribution in [0.2, 0.25) is 0 Å². The second kappa shape index (κ2) is 11.1. The lowest BCUT2D eigenvalue weighted by Gasteiger charge is -2.30. The van der Waals surface area contributed by atoms with Crippen LogP contribution in [0, 0.1) is 6.92 Å². The number of carboxylic acid groups (broad SMARTS) is 1. The van der Waals surface area contributed by atoms with Crippen LogP contribution in [-0.4, -0.2) is 79.5 Å². The predicted molar refractivity (Wildman–Crippen MR) is 166 cm³/mol. The Morgan fingerprint density at radius 2 is 1.64 bits per heavy atom. The minimum absolute atomic E-state index is 0.00223. The average Bonchev–Trinajstić information content (AvgIpc) is 3.02. The van der Waals surface area contributed by atoms with Gasteiger partial charge in [-0.2, -0.15) is 5.10 Å². The topological polar surface area (TPSA) is 189 Å². The van der Waals surface area contributed by atoms with Gasteiger partial charge in [0.2, 0.25) is 5.78 Å². The number of rotatable bonds is 4. The maximum atomic E-state index is 13.8. The van der Waals surface area contributed by atoms with Crippen LogP contribution >= 0.6 is 12.2 Å². The van der Waals surface area contributed by atoms with Gasteiger partial charge in [0, 0.05) is 46.5 Å². The number of carbonyl (C=O) groups excluding carboxylic acids is 2. The normalized spacial score (nSPS) is 15.3. The molecule has 3 aliphatic rings. The number of aromatic carboxylic acids is 1. The quantitative estimate of drug-likeness (QED) is 0.109. The molecule has 0 unspecified atom stereocenters. The van der Waals surface area contributed by atoms with Gasteiger partial charge in [0.15, 0.2) is 10.9 Å². The van der Waals surface area contributed by atoms with Crippen LogP contribution in [0.3, 0.4) is 0 Å². The van der Waals surface area contributed by atoms with Crippen molar-refractivity contribution in [3.63, 3.8) is 0 Å². The molecule has 0 aromatic heterocycles. The molecule has 1 aliphatic heterocycles. The van der Waals surface area contributed by atoms with E-state index in [1.807, 2.05) is 4.90 Å².